The monoisotopic (exact) mass is 886 g/mol. The second-order valence-corrected chi connectivity index (χ2v) is 25.8. The molecule has 0 bridgehead atoms. The number of rotatable bonds is 4. The molecular weight excluding hydrogens is 838 g/mol. The zero-order valence-corrected chi connectivity index (χ0v) is 36.8. The second-order valence-electron chi connectivity index (χ2n) is 16.7. The zero-order valence-electron chi connectivity index (χ0n) is 31.7. The average Bonchev–Trinajstić information content (AvgIpc) is 3.71. The number of aryl methyl sites for hydroxylation is 2. The van der Waals surface area contributed by atoms with Crippen LogP contribution in [-0.4, -0.2) is 3.26 Å². The second kappa shape index (κ2) is 14.5. The summed E-state index contributed by atoms with van der Waals surface area (Å²) in [6.45, 7) is 18.9. The number of hydrogen-bond acceptors (Lipinski definition) is 0. The molecule has 0 unspecified atom stereocenters. The topological polar surface area (TPSA) is 0 Å². The molecule has 0 saturated carbocycles. The van der Waals surface area contributed by atoms with Crippen molar-refractivity contribution < 1.29 is 45.8 Å². The Kier molecular flexibility index (Phi) is 10.7. The Bertz CT molecular complexity index is 2290. The summed E-state index contributed by atoms with van der Waals surface area (Å²) in [5.41, 5.74) is 14.8. The van der Waals surface area contributed by atoms with E-state index in [1.165, 1.54) is 66.1 Å². The Morgan fingerprint density at radius 2 is 1.00 bits per heavy atom. The molecule has 262 valence electrons. The van der Waals surface area contributed by atoms with Gasteiger partial charge in [0.2, 0.25) is 0 Å². The van der Waals surface area contributed by atoms with Gasteiger partial charge in [-0.2, -0.15) is 0 Å². The molecule has 0 heterocycles. The van der Waals surface area contributed by atoms with Gasteiger partial charge in [0, 0.05) is 0 Å². The van der Waals surface area contributed by atoms with E-state index < -0.39 is 21.0 Å². The number of hydrogen-bond donors (Lipinski definition) is 0. The van der Waals surface area contributed by atoms with E-state index in [1.807, 2.05) is 0 Å². The molecule has 6 aromatic carbocycles. The Morgan fingerprint density at radius 1 is 0.558 bits per heavy atom. The minimum Gasteiger partial charge on any atom is -1.00 e. The molecule has 6 aromatic rings. The number of halogens is 2. The van der Waals surface area contributed by atoms with Crippen LogP contribution in [0.2, 0.25) is 0 Å². The molecule has 8 rings (SSSR count). The fourth-order valence-electron chi connectivity index (χ4n) is 8.80. The summed E-state index contributed by atoms with van der Waals surface area (Å²) in [6.07, 6.45) is 8.30. The van der Waals surface area contributed by atoms with Crippen molar-refractivity contribution in [2.45, 2.75) is 76.3 Å². The first-order chi connectivity index (χ1) is 23.9. The van der Waals surface area contributed by atoms with Crippen LogP contribution in [0.3, 0.4) is 0 Å². The quantitative estimate of drug-likeness (QED) is 0.167. The molecule has 2 aliphatic rings. The standard InChI is InChI=1S/C23H29.C21H14.C5H5.2ClH.Hf/c1-14-9-16-11-17-10-15(2)21(23(6,7)8)13-19(17)18(16)12-20(14)22(3,4)5;1-3-7-20-14-16(9-11-18(20)5-1)13-17-10-12-19-6-2-4-8-21(19)15-17;1-2-4-5-3-1;;;/h9-13H,1-8H3;1-12,14-15H;1-3H,4H2;2*1H;/q;;;;;+2/p-2. The average molecular weight is 886 g/mol. The molecule has 0 aliphatic heterocycles. The van der Waals surface area contributed by atoms with E-state index in [9.17, 15) is 0 Å². The van der Waals surface area contributed by atoms with E-state index in [0.717, 1.165) is 6.42 Å². The Hall–Kier alpha value is -3.36. The Balaban J connectivity index is 0.00000232. The van der Waals surface area contributed by atoms with Crippen molar-refractivity contribution in [2.75, 3.05) is 0 Å². The van der Waals surface area contributed by atoms with Gasteiger partial charge >= 0.3 is 308 Å². The van der Waals surface area contributed by atoms with Crippen molar-refractivity contribution in [3.8, 4) is 11.1 Å². The first-order valence-corrected chi connectivity index (χ1v) is 23.9. The van der Waals surface area contributed by atoms with Crippen LogP contribution in [0, 0.1) is 13.8 Å². The molecule has 0 aromatic heterocycles. The van der Waals surface area contributed by atoms with Gasteiger partial charge in [-0.05, 0) is 0 Å². The molecule has 0 N–H and O–H groups in total. The van der Waals surface area contributed by atoms with E-state index in [1.54, 1.807) is 17.7 Å². The predicted molar refractivity (Wildman–Crippen MR) is 214 cm³/mol. The van der Waals surface area contributed by atoms with Crippen LogP contribution in [0.5, 0.6) is 0 Å². The summed E-state index contributed by atoms with van der Waals surface area (Å²) in [6, 6.07) is 42.7. The van der Waals surface area contributed by atoms with Gasteiger partial charge in [0.1, 0.15) is 0 Å². The molecular formula is C49H48Cl2Hf. The van der Waals surface area contributed by atoms with E-state index >= 15 is 0 Å². The molecule has 0 radical (unpaired) electrons. The maximum atomic E-state index is 2.61. The third-order valence-electron chi connectivity index (χ3n) is 11.1. The smallest absolute Gasteiger partial charge is 1.00 e. The van der Waals surface area contributed by atoms with Crippen LogP contribution < -0.4 is 24.8 Å². The van der Waals surface area contributed by atoms with Crippen molar-refractivity contribution in [1.29, 1.82) is 0 Å². The van der Waals surface area contributed by atoms with Crippen molar-refractivity contribution in [3.05, 3.63) is 175 Å². The van der Waals surface area contributed by atoms with Crippen molar-refractivity contribution >= 4 is 24.8 Å². The van der Waals surface area contributed by atoms with Crippen LogP contribution in [0.25, 0.3) is 32.7 Å². The third kappa shape index (κ3) is 6.79. The maximum Gasteiger partial charge on any atom is -1.00 e. The largest absolute Gasteiger partial charge is 1.00 e. The van der Waals surface area contributed by atoms with Gasteiger partial charge in [-0.3, -0.25) is 0 Å². The molecule has 0 saturated heterocycles. The van der Waals surface area contributed by atoms with Gasteiger partial charge in [0.25, 0.3) is 0 Å². The van der Waals surface area contributed by atoms with E-state index in [-0.39, 0.29) is 35.6 Å². The number of fused-ring (bicyclic) bond motifs is 5. The molecule has 0 amide bonds. The molecule has 0 atom stereocenters. The summed E-state index contributed by atoms with van der Waals surface area (Å²) < 4.78 is 3.72. The van der Waals surface area contributed by atoms with Gasteiger partial charge in [-0.1, -0.05) is 0 Å². The van der Waals surface area contributed by atoms with Crippen LogP contribution in [-0.2, 0) is 31.8 Å². The van der Waals surface area contributed by atoms with Crippen LogP contribution >= 0.6 is 0 Å². The number of allylic oxidation sites excluding steroid dienone is 4. The van der Waals surface area contributed by atoms with Crippen LogP contribution in [0.4, 0.5) is 0 Å². The fourth-order valence-corrected chi connectivity index (χ4v) is 21.8. The summed E-state index contributed by atoms with van der Waals surface area (Å²) in [5.74, 6) is 0. The summed E-state index contributed by atoms with van der Waals surface area (Å²) in [5, 5.41) is 5.23. The van der Waals surface area contributed by atoms with Gasteiger partial charge in [-0.15, -0.1) is 0 Å². The minimum atomic E-state index is -3.12. The zero-order chi connectivity index (χ0) is 34.9. The van der Waals surface area contributed by atoms with Gasteiger partial charge in [0.15, 0.2) is 0 Å². The normalized spacial score (nSPS) is 13.6. The molecule has 52 heavy (non-hydrogen) atoms. The first-order valence-electron chi connectivity index (χ1n) is 18.3. The van der Waals surface area contributed by atoms with E-state index in [2.05, 4.69) is 183 Å². The Morgan fingerprint density at radius 3 is 1.40 bits per heavy atom. The van der Waals surface area contributed by atoms with Crippen LogP contribution in [0.1, 0.15) is 96.1 Å². The molecule has 0 spiro atoms. The fraction of sp³-hybridized carbons (Fsp3) is 0.245. The van der Waals surface area contributed by atoms with Crippen molar-refractivity contribution in [2.24, 2.45) is 0 Å². The van der Waals surface area contributed by atoms with Crippen molar-refractivity contribution in [3.63, 3.8) is 0 Å². The van der Waals surface area contributed by atoms with E-state index in [0.29, 0.717) is 3.67 Å². The van der Waals surface area contributed by atoms with Gasteiger partial charge in [0.05, 0.1) is 0 Å². The minimum absolute atomic E-state index is 0. The Labute approximate surface area is 330 Å². The number of benzene rings is 6. The van der Waals surface area contributed by atoms with Crippen LogP contribution in [0.15, 0.2) is 131 Å². The molecule has 0 nitrogen and oxygen atoms in total. The summed E-state index contributed by atoms with van der Waals surface area (Å²) >= 11 is -3.12. The molecule has 0 fully saturated rings. The molecule has 2 aliphatic carbocycles. The SMILES string of the molecule is Cc1cc2c(cc1C(C)(C)C)-c1cc(C(C)(C)C)c(C)cc1[CH]2[Hf+2]([C]1=CC=CC1)=[C](c1ccc2ccccc2c1)c1ccc2ccccc2c1.[Cl-].[Cl-]. The van der Waals surface area contributed by atoms with Gasteiger partial charge < -0.3 is 24.8 Å². The third-order valence-corrected chi connectivity index (χ3v) is 23.2. The first kappa shape index (κ1) is 38.4. The van der Waals surface area contributed by atoms with E-state index in [4.69, 9.17) is 0 Å². The molecule has 3 heteroatoms. The summed E-state index contributed by atoms with van der Waals surface area (Å²) in [7, 11) is 0. The summed E-state index contributed by atoms with van der Waals surface area (Å²) in [4.78, 5) is 0. The predicted octanol–water partition coefficient (Wildman–Crippen LogP) is 7.01. The van der Waals surface area contributed by atoms with Crippen molar-refractivity contribution in [1.82, 2.24) is 0 Å². The maximum absolute atomic E-state index is 3.12. The van der Waals surface area contributed by atoms with Gasteiger partial charge in [-0.25, -0.2) is 0 Å².